The van der Waals surface area contributed by atoms with Gasteiger partial charge in [0.2, 0.25) is 5.95 Å². The van der Waals surface area contributed by atoms with Crippen molar-refractivity contribution in [2.45, 2.75) is 25.4 Å². The summed E-state index contributed by atoms with van der Waals surface area (Å²) in [5.74, 6) is -0.255. The van der Waals surface area contributed by atoms with Gasteiger partial charge in [-0.2, -0.15) is 9.49 Å². The van der Waals surface area contributed by atoms with Gasteiger partial charge in [-0.15, -0.1) is 0 Å². The third kappa shape index (κ3) is 1.03. The van der Waals surface area contributed by atoms with E-state index in [0.29, 0.717) is 11.6 Å². The third-order valence-electron chi connectivity index (χ3n) is 1.92. The molecule has 0 aromatic carbocycles. The highest BCUT2D eigenvalue weighted by Crippen LogP contribution is 2.35. The first-order chi connectivity index (χ1) is 5.33. The van der Waals surface area contributed by atoms with Crippen LogP contribution in [0.25, 0.3) is 0 Å². The molecule has 3 nitrogen and oxygen atoms in total. The van der Waals surface area contributed by atoms with Crippen LogP contribution in [0, 0.1) is 5.95 Å². The van der Waals surface area contributed by atoms with Gasteiger partial charge in [-0.1, -0.05) is 0 Å². The molecule has 1 heterocycles. The second-order valence-corrected chi connectivity index (χ2v) is 2.84. The second-order valence-electron chi connectivity index (χ2n) is 2.84. The van der Waals surface area contributed by atoms with Crippen LogP contribution in [0.3, 0.4) is 0 Å². The van der Waals surface area contributed by atoms with Gasteiger partial charge in [-0.25, -0.2) is 4.68 Å². The minimum Gasteiger partial charge on any atom is -0.326 e. The van der Waals surface area contributed by atoms with Crippen molar-refractivity contribution in [2.75, 3.05) is 0 Å². The van der Waals surface area contributed by atoms with Crippen molar-refractivity contribution in [1.29, 1.82) is 0 Å². The van der Waals surface area contributed by atoms with E-state index in [-0.39, 0.29) is 12.5 Å². The van der Waals surface area contributed by atoms with Crippen molar-refractivity contribution < 1.29 is 4.39 Å². The molecule has 1 aromatic heterocycles. The molecule has 0 bridgehead atoms. The molecule has 0 spiro atoms. The molecular formula is C7H10FN3. The molecule has 0 aliphatic heterocycles. The van der Waals surface area contributed by atoms with E-state index in [9.17, 15) is 4.39 Å². The molecule has 1 fully saturated rings. The highest BCUT2D eigenvalue weighted by atomic mass is 19.1. The normalized spacial score (nSPS) is 17.3. The Kier molecular flexibility index (Phi) is 1.42. The molecule has 0 amide bonds. The zero-order chi connectivity index (χ0) is 7.84. The molecule has 2 N–H and O–H groups in total. The second kappa shape index (κ2) is 2.30. The zero-order valence-electron chi connectivity index (χ0n) is 6.13. The fourth-order valence-corrected chi connectivity index (χ4v) is 1.09. The summed E-state index contributed by atoms with van der Waals surface area (Å²) < 4.78 is 14.6. The lowest BCUT2D eigenvalue weighted by atomic mass is 10.4. The topological polar surface area (TPSA) is 43.8 Å². The summed E-state index contributed by atoms with van der Waals surface area (Å²) in [5.41, 5.74) is 5.80. The van der Waals surface area contributed by atoms with E-state index in [1.54, 1.807) is 0 Å². The molecule has 11 heavy (non-hydrogen) atoms. The van der Waals surface area contributed by atoms with E-state index < -0.39 is 0 Å². The van der Waals surface area contributed by atoms with Gasteiger partial charge in [0, 0.05) is 12.1 Å². The number of aromatic nitrogens is 2. The molecule has 1 aliphatic carbocycles. The lowest BCUT2D eigenvalue weighted by Crippen LogP contribution is -2.02. The maximum absolute atomic E-state index is 13.1. The Balaban J connectivity index is 2.33. The first kappa shape index (κ1) is 6.79. The van der Waals surface area contributed by atoms with Crippen molar-refractivity contribution in [3.63, 3.8) is 0 Å². The van der Waals surface area contributed by atoms with Gasteiger partial charge in [0.1, 0.15) is 0 Å². The maximum atomic E-state index is 13.1. The summed E-state index contributed by atoms with van der Waals surface area (Å²) >= 11 is 0. The number of hydrogen-bond acceptors (Lipinski definition) is 2. The average molecular weight is 155 g/mol. The predicted molar refractivity (Wildman–Crippen MR) is 38.3 cm³/mol. The standard InChI is InChI=1S/C7H10FN3/c8-7-5(3-9)4-10-11(7)6-1-2-6/h4,6H,1-3,9H2. The fourth-order valence-electron chi connectivity index (χ4n) is 1.09. The lowest BCUT2D eigenvalue weighted by Gasteiger charge is -1.96. The van der Waals surface area contributed by atoms with Gasteiger partial charge >= 0.3 is 0 Å². The Bertz CT molecular complexity index is 265. The minimum absolute atomic E-state index is 0.235. The van der Waals surface area contributed by atoms with Gasteiger partial charge < -0.3 is 5.73 Å². The van der Waals surface area contributed by atoms with Crippen molar-refractivity contribution >= 4 is 0 Å². The monoisotopic (exact) mass is 155 g/mol. The van der Waals surface area contributed by atoms with E-state index in [2.05, 4.69) is 5.10 Å². The van der Waals surface area contributed by atoms with E-state index in [1.807, 2.05) is 0 Å². The van der Waals surface area contributed by atoms with Crippen LogP contribution in [-0.2, 0) is 6.54 Å². The van der Waals surface area contributed by atoms with E-state index in [4.69, 9.17) is 5.73 Å². The summed E-state index contributed by atoms with van der Waals surface area (Å²) in [5, 5.41) is 3.91. The van der Waals surface area contributed by atoms with Gasteiger partial charge in [-0.05, 0) is 12.8 Å². The van der Waals surface area contributed by atoms with Crippen LogP contribution in [0.4, 0.5) is 4.39 Å². The minimum atomic E-state index is -0.255. The molecule has 4 heteroatoms. The molecule has 1 saturated carbocycles. The van der Waals surface area contributed by atoms with Gasteiger partial charge in [0.05, 0.1) is 12.2 Å². The Hall–Kier alpha value is -0.900. The van der Waals surface area contributed by atoms with Gasteiger partial charge in [0.15, 0.2) is 0 Å². The van der Waals surface area contributed by atoms with Crippen molar-refractivity contribution in [2.24, 2.45) is 5.73 Å². The van der Waals surface area contributed by atoms with Crippen LogP contribution in [0.5, 0.6) is 0 Å². The largest absolute Gasteiger partial charge is 0.326 e. The predicted octanol–water partition coefficient (Wildman–Crippen LogP) is 0.816. The maximum Gasteiger partial charge on any atom is 0.216 e. The van der Waals surface area contributed by atoms with Crippen LogP contribution in [0.2, 0.25) is 0 Å². The Labute approximate surface area is 64.0 Å². The van der Waals surface area contributed by atoms with Crippen LogP contribution in [-0.4, -0.2) is 9.78 Å². The Morgan fingerprint density at radius 3 is 2.91 bits per heavy atom. The van der Waals surface area contributed by atoms with Crippen LogP contribution in [0.15, 0.2) is 6.20 Å². The smallest absolute Gasteiger partial charge is 0.216 e. The zero-order valence-corrected chi connectivity index (χ0v) is 6.13. The lowest BCUT2D eigenvalue weighted by molar-refractivity contribution is 0.456. The van der Waals surface area contributed by atoms with Crippen molar-refractivity contribution in [3.05, 3.63) is 17.7 Å². The Morgan fingerprint density at radius 1 is 1.73 bits per heavy atom. The van der Waals surface area contributed by atoms with Crippen LogP contribution in [0.1, 0.15) is 24.4 Å². The quantitative estimate of drug-likeness (QED) is 0.687. The van der Waals surface area contributed by atoms with Gasteiger partial charge in [0.25, 0.3) is 0 Å². The van der Waals surface area contributed by atoms with Crippen molar-refractivity contribution in [3.8, 4) is 0 Å². The number of nitrogens with two attached hydrogens (primary N) is 1. The molecule has 2 rings (SSSR count). The van der Waals surface area contributed by atoms with Gasteiger partial charge in [-0.3, -0.25) is 0 Å². The average Bonchev–Trinajstić information content (AvgIpc) is 2.77. The van der Waals surface area contributed by atoms with E-state index in [0.717, 1.165) is 12.8 Å². The number of halogens is 1. The SMILES string of the molecule is NCc1cnn(C2CC2)c1F. The third-order valence-corrected chi connectivity index (χ3v) is 1.92. The molecule has 0 radical (unpaired) electrons. The first-order valence-corrected chi connectivity index (χ1v) is 3.75. The summed E-state index contributed by atoms with van der Waals surface area (Å²) in [7, 11) is 0. The molecule has 60 valence electrons. The van der Waals surface area contributed by atoms with Crippen molar-refractivity contribution in [1.82, 2.24) is 9.78 Å². The van der Waals surface area contributed by atoms with E-state index >= 15 is 0 Å². The molecule has 0 unspecified atom stereocenters. The fraction of sp³-hybridized carbons (Fsp3) is 0.571. The van der Waals surface area contributed by atoms with Crippen LogP contribution >= 0.6 is 0 Å². The Morgan fingerprint density at radius 2 is 2.45 bits per heavy atom. The molecule has 0 atom stereocenters. The summed E-state index contributed by atoms with van der Waals surface area (Å²) in [6.07, 6.45) is 3.60. The molecular weight excluding hydrogens is 145 g/mol. The molecule has 1 aliphatic rings. The number of nitrogens with zero attached hydrogens (tertiary/aromatic N) is 2. The van der Waals surface area contributed by atoms with E-state index in [1.165, 1.54) is 10.9 Å². The highest BCUT2D eigenvalue weighted by molar-refractivity contribution is 5.07. The molecule has 1 aromatic rings. The molecule has 0 saturated heterocycles. The highest BCUT2D eigenvalue weighted by Gasteiger charge is 2.27. The summed E-state index contributed by atoms with van der Waals surface area (Å²) in [6, 6.07) is 0.301. The number of rotatable bonds is 2. The van der Waals surface area contributed by atoms with Crippen LogP contribution < -0.4 is 5.73 Å². The summed E-state index contributed by atoms with van der Waals surface area (Å²) in [4.78, 5) is 0. The first-order valence-electron chi connectivity index (χ1n) is 3.75. The number of hydrogen-bond donors (Lipinski definition) is 1. The summed E-state index contributed by atoms with van der Waals surface area (Å²) in [6.45, 7) is 0.235.